The maximum Gasteiger partial charge on any atom is 0.306 e. The summed E-state index contributed by atoms with van der Waals surface area (Å²) in [5.74, 6) is 0.555. The zero-order valence-electron chi connectivity index (χ0n) is 9.88. The predicted octanol–water partition coefficient (Wildman–Crippen LogP) is 2.91. The van der Waals surface area contributed by atoms with Crippen LogP contribution in [-0.2, 0) is 9.53 Å². The van der Waals surface area contributed by atoms with E-state index in [1.54, 1.807) is 5.57 Å². The van der Waals surface area contributed by atoms with E-state index in [0.29, 0.717) is 12.3 Å². The largest absolute Gasteiger partial charge is 0.462 e. The van der Waals surface area contributed by atoms with E-state index < -0.39 is 8.07 Å². The van der Waals surface area contributed by atoms with Gasteiger partial charge in [0.2, 0.25) is 0 Å². The molecular weight excluding hydrogens is 204 g/mol. The third kappa shape index (κ3) is 2.51. The van der Waals surface area contributed by atoms with Gasteiger partial charge in [-0.2, -0.15) is 0 Å². The Balaban J connectivity index is 2.12. The Hall–Kier alpha value is -0.573. The molecule has 1 aliphatic heterocycles. The fraction of sp³-hybridized carbons (Fsp3) is 0.750. The van der Waals surface area contributed by atoms with Crippen LogP contribution >= 0.6 is 0 Å². The van der Waals surface area contributed by atoms with Crippen molar-refractivity contribution in [2.75, 3.05) is 0 Å². The van der Waals surface area contributed by atoms with Crippen molar-refractivity contribution in [2.24, 2.45) is 5.92 Å². The average molecular weight is 224 g/mol. The minimum Gasteiger partial charge on any atom is -0.462 e. The molecule has 3 heteroatoms. The number of hydrogen-bond acceptors (Lipinski definition) is 2. The first kappa shape index (κ1) is 10.9. The molecule has 2 nitrogen and oxygen atoms in total. The summed E-state index contributed by atoms with van der Waals surface area (Å²) in [6.45, 7) is 7.09. The smallest absolute Gasteiger partial charge is 0.306 e. The Labute approximate surface area is 92.7 Å². The van der Waals surface area contributed by atoms with E-state index in [1.165, 1.54) is 0 Å². The molecule has 0 radical (unpaired) electrons. The lowest BCUT2D eigenvalue weighted by Crippen LogP contribution is -2.29. The monoisotopic (exact) mass is 224 g/mol. The highest BCUT2D eigenvalue weighted by Gasteiger charge is 2.38. The number of rotatable bonds is 1. The van der Waals surface area contributed by atoms with E-state index >= 15 is 0 Å². The van der Waals surface area contributed by atoms with Gasteiger partial charge in [0.15, 0.2) is 0 Å². The highest BCUT2D eigenvalue weighted by atomic mass is 28.3. The molecule has 1 saturated heterocycles. The van der Waals surface area contributed by atoms with Gasteiger partial charge in [-0.05, 0) is 19.3 Å². The van der Waals surface area contributed by atoms with Gasteiger partial charge >= 0.3 is 5.97 Å². The average Bonchev–Trinajstić information content (AvgIpc) is 2.45. The van der Waals surface area contributed by atoms with Gasteiger partial charge in [-0.25, -0.2) is 0 Å². The highest BCUT2D eigenvalue weighted by Crippen LogP contribution is 2.40. The van der Waals surface area contributed by atoms with Crippen molar-refractivity contribution in [3.63, 3.8) is 0 Å². The molecule has 84 valence electrons. The first-order chi connectivity index (χ1) is 6.96. The predicted molar refractivity (Wildman–Crippen MR) is 63.3 cm³/mol. The summed E-state index contributed by atoms with van der Waals surface area (Å²) >= 11 is 0. The first-order valence-electron chi connectivity index (χ1n) is 5.87. The standard InChI is InChI=1S/C12H20O2Si/c1-15(2,3)8-9-4-6-11-10(9)5-7-12(13)14-11/h8,10-11H,4-7H2,1-3H3/b9-8+/t10-,11+/m0/s1. The normalized spacial score (nSPS) is 34.1. The van der Waals surface area contributed by atoms with Crippen LogP contribution < -0.4 is 0 Å². The molecule has 2 atom stereocenters. The maximum atomic E-state index is 11.2. The van der Waals surface area contributed by atoms with Crippen molar-refractivity contribution in [3.05, 3.63) is 11.3 Å². The summed E-state index contributed by atoms with van der Waals surface area (Å²) in [6, 6.07) is 0. The van der Waals surface area contributed by atoms with E-state index in [2.05, 4.69) is 25.3 Å². The zero-order valence-corrected chi connectivity index (χ0v) is 10.9. The number of hydrogen-bond donors (Lipinski definition) is 0. The Bertz CT molecular complexity index is 301. The summed E-state index contributed by atoms with van der Waals surface area (Å²) in [7, 11) is -1.12. The number of fused-ring (bicyclic) bond motifs is 1. The van der Waals surface area contributed by atoms with E-state index in [1.807, 2.05) is 0 Å². The molecule has 2 aliphatic rings. The molecule has 0 bridgehead atoms. The van der Waals surface area contributed by atoms with Crippen LogP contribution in [0.1, 0.15) is 25.7 Å². The summed E-state index contributed by atoms with van der Waals surface area (Å²) in [5, 5.41) is 0. The quantitative estimate of drug-likeness (QED) is 0.505. The van der Waals surface area contributed by atoms with Gasteiger partial charge in [0.25, 0.3) is 0 Å². The van der Waals surface area contributed by atoms with Gasteiger partial charge in [0.1, 0.15) is 6.10 Å². The molecular formula is C12H20O2Si. The Morgan fingerprint density at radius 2 is 2.00 bits per heavy atom. The second-order valence-electron chi connectivity index (χ2n) is 5.80. The van der Waals surface area contributed by atoms with E-state index in [-0.39, 0.29) is 12.1 Å². The maximum absolute atomic E-state index is 11.2. The van der Waals surface area contributed by atoms with Gasteiger partial charge < -0.3 is 4.74 Å². The molecule has 0 aromatic rings. The molecule has 0 spiro atoms. The Kier molecular flexibility index (Phi) is 2.75. The SMILES string of the molecule is C[Si](C)(C)/C=C1\CC[C@H]2OC(=O)CC[C@@H]12. The van der Waals surface area contributed by atoms with Crippen LogP contribution in [0, 0.1) is 5.92 Å². The molecule has 1 saturated carbocycles. The van der Waals surface area contributed by atoms with Crippen molar-refractivity contribution in [3.8, 4) is 0 Å². The minimum absolute atomic E-state index is 0.00510. The second kappa shape index (κ2) is 3.78. The molecule has 0 amide bonds. The molecule has 1 heterocycles. The lowest BCUT2D eigenvalue weighted by Gasteiger charge is -2.26. The van der Waals surface area contributed by atoms with Crippen LogP contribution in [0.5, 0.6) is 0 Å². The van der Waals surface area contributed by atoms with E-state index in [9.17, 15) is 4.79 Å². The van der Waals surface area contributed by atoms with Gasteiger partial charge in [-0.15, -0.1) is 0 Å². The summed E-state index contributed by atoms with van der Waals surface area (Å²) in [4.78, 5) is 11.2. The van der Waals surface area contributed by atoms with Crippen LogP contribution in [0.4, 0.5) is 0 Å². The molecule has 2 rings (SSSR count). The van der Waals surface area contributed by atoms with Crippen molar-refractivity contribution >= 4 is 14.0 Å². The summed E-state index contributed by atoms with van der Waals surface area (Å²) < 4.78 is 5.39. The number of carbonyl (C=O) groups is 1. The first-order valence-corrected chi connectivity index (χ1v) is 9.44. The fourth-order valence-corrected chi connectivity index (χ4v) is 4.15. The Morgan fingerprint density at radius 3 is 2.67 bits per heavy atom. The molecule has 2 fully saturated rings. The lowest BCUT2D eigenvalue weighted by atomic mass is 9.94. The van der Waals surface area contributed by atoms with Crippen molar-refractivity contribution in [2.45, 2.75) is 51.4 Å². The highest BCUT2D eigenvalue weighted by molar-refractivity contribution is 6.81. The van der Waals surface area contributed by atoms with Gasteiger partial charge in [-0.1, -0.05) is 30.9 Å². The fourth-order valence-electron chi connectivity index (χ4n) is 2.68. The van der Waals surface area contributed by atoms with Crippen LogP contribution in [0.2, 0.25) is 19.6 Å². The Morgan fingerprint density at radius 1 is 1.27 bits per heavy atom. The topological polar surface area (TPSA) is 26.3 Å². The van der Waals surface area contributed by atoms with Gasteiger partial charge in [0, 0.05) is 12.3 Å². The van der Waals surface area contributed by atoms with Crippen molar-refractivity contribution in [1.29, 1.82) is 0 Å². The molecule has 1 aliphatic carbocycles. The number of carbonyl (C=O) groups excluding carboxylic acids is 1. The second-order valence-corrected chi connectivity index (χ2v) is 10.8. The minimum atomic E-state index is -1.12. The summed E-state index contributed by atoms with van der Waals surface area (Å²) in [6.07, 6.45) is 4.03. The number of esters is 1. The molecule has 0 aromatic heterocycles. The van der Waals surface area contributed by atoms with Crippen molar-refractivity contribution < 1.29 is 9.53 Å². The van der Waals surface area contributed by atoms with Gasteiger partial charge in [-0.3, -0.25) is 4.79 Å². The van der Waals surface area contributed by atoms with Gasteiger partial charge in [0.05, 0.1) is 8.07 Å². The molecule has 0 N–H and O–H groups in total. The van der Waals surface area contributed by atoms with Crippen LogP contribution in [-0.4, -0.2) is 20.1 Å². The third-order valence-electron chi connectivity index (χ3n) is 3.20. The van der Waals surface area contributed by atoms with Crippen molar-refractivity contribution in [1.82, 2.24) is 0 Å². The molecule has 0 unspecified atom stereocenters. The summed E-state index contributed by atoms with van der Waals surface area (Å²) in [5.41, 5.74) is 4.09. The van der Waals surface area contributed by atoms with E-state index in [0.717, 1.165) is 19.3 Å². The molecule has 0 aromatic carbocycles. The molecule has 15 heavy (non-hydrogen) atoms. The number of ether oxygens (including phenoxy) is 1. The van der Waals surface area contributed by atoms with Crippen LogP contribution in [0.25, 0.3) is 0 Å². The lowest BCUT2D eigenvalue weighted by molar-refractivity contribution is -0.155. The van der Waals surface area contributed by atoms with Crippen LogP contribution in [0.3, 0.4) is 0 Å². The van der Waals surface area contributed by atoms with E-state index in [4.69, 9.17) is 4.74 Å². The third-order valence-corrected chi connectivity index (χ3v) is 4.44. The zero-order chi connectivity index (χ0) is 11.1. The van der Waals surface area contributed by atoms with Crippen LogP contribution in [0.15, 0.2) is 11.3 Å².